The third kappa shape index (κ3) is 5.84. The molecule has 110 valence electrons. The Labute approximate surface area is 119 Å². The Balaban J connectivity index is 2.39. The highest BCUT2D eigenvalue weighted by molar-refractivity contribution is 5.95. The summed E-state index contributed by atoms with van der Waals surface area (Å²) in [6.07, 6.45) is 1.23. The van der Waals surface area contributed by atoms with Crippen LogP contribution in [0.15, 0.2) is 24.3 Å². The Morgan fingerprint density at radius 2 is 1.85 bits per heavy atom. The van der Waals surface area contributed by atoms with Gasteiger partial charge in [0.05, 0.1) is 0 Å². The van der Waals surface area contributed by atoms with Crippen LogP contribution in [-0.2, 0) is 9.53 Å². The summed E-state index contributed by atoms with van der Waals surface area (Å²) in [6, 6.07) is 6.84. The molecule has 1 aromatic rings. The topological polar surface area (TPSA) is 67.4 Å². The largest absolute Gasteiger partial charge is 0.382 e. The van der Waals surface area contributed by atoms with E-state index >= 15 is 0 Å². The Hall–Kier alpha value is -1.88. The van der Waals surface area contributed by atoms with E-state index in [1.54, 1.807) is 31.2 Å². The fourth-order valence-electron chi connectivity index (χ4n) is 1.58. The number of nitrogens with one attached hydrogen (secondary N) is 2. The fourth-order valence-corrected chi connectivity index (χ4v) is 1.58. The number of anilines is 1. The zero-order valence-corrected chi connectivity index (χ0v) is 12.1. The first kappa shape index (κ1) is 16.2. The molecule has 0 unspecified atom stereocenters. The van der Waals surface area contributed by atoms with Gasteiger partial charge in [0.25, 0.3) is 5.91 Å². The summed E-state index contributed by atoms with van der Waals surface area (Å²) < 4.78 is 5.19. The molecule has 2 amide bonds. The second-order valence-corrected chi connectivity index (χ2v) is 4.29. The maximum Gasteiger partial charge on any atom is 0.251 e. The molecule has 0 saturated carbocycles. The normalized spacial score (nSPS) is 10.1. The molecule has 0 saturated heterocycles. The zero-order valence-electron chi connectivity index (χ0n) is 12.1. The lowest BCUT2D eigenvalue weighted by atomic mass is 10.2. The van der Waals surface area contributed by atoms with E-state index in [1.807, 2.05) is 6.92 Å². The number of benzene rings is 1. The number of amides is 2. The van der Waals surface area contributed by atoms with Gasteiger partial charge in [-0.05, 0) is 37.6 Å². The molecule has 0 radical (unpaired) electrons. The molecular formula is C15H22N2O3. The molecule has 5 heteroatoms. The van der Waals surface area contributed by atoms with Crippen molar-refractivity contribution in [1.82, 2.24) is 5.32 Å². The number of hydrogen-bond donors (Lipinski definition) is 2. The predicted molar refractivity (Wildman–Crippen MR) is 78.8 cm³/mol. The number of hydrogen-bond acceptors (Lipinski definition) is 3. The molecular weight excluding hydrogens is 256 g/mol. The SMILES string of the molecule is CCOCCCNC(=O)c1ccc(NC(=O)CC)cc1. The minimum atomic E-state index is -0.116. The van der Waals surface area contributed by atoms with Crippen LogP contribution in [-0.4, -0.2) is 31.6 Å². The molecule has 0 atom stereocenters. The highest BCUT2D eigenvalue weighted by atomic mass is 16.5. The second kappa shape index (κ2) is 9.09. The maximum atomic E-state index is 11.8. The number of carbonyl (C=O) groups is 2. The minimum absolute atomic E-state index is 0.0434. The summed E-state index contributed by atoms with van der Waals surface area (Å²) in [5, 5.41) is 5.56. The van der Waals surface area contributed by atoms with E-state index in [-0.39, 0.29) is 11.8 Å². The molecule has 20 heavy (non-hydrogen) atoms. The lowest BCUT2D eigenvalue weighted by Crippen LogP contribution is -2.25. The molecule has 0 aromatic heterocycles. The molecule has 0 aliphatic rings. The second-order valence-electron chi connectivity index (χ2n) is 4.29. The Morgan fingerprint density at radius 1 is 1.15 bits per heavy atom. The molecule has 5 nitrogen and oxygen atoms in total. The van der Waals surface area contributed by atoms with Gasteiger partial charge in [0, 0.05) is 37.4 Å². The zero-order chi connectivity index (χ0) is 14.8. The van der Waals surface area contributed by atoms with Gasteiger partial charge in [0.2, 0.25) is 5.91 Å². The van der Waals surface area contributed by atoms with Crippen molar-refractivity contribution in [3.8, 4) is 0 Å². The van der Waals surface area contributed by atoms with Crippen molar-refractivity contribution in [2.24, 2.45) is 0 Å². The van der Waals surface area contributed by atoms with Gasteiger partial charge < -0.3 is 15.4 Å². The van der Waals surface area contributed by atoms with Gasteiger partial charge in [-0.2, -0.15) is 0 Å². The lowest BCUT2D eigenvalue weighted by molar-refractivity contribution is -0.115. The lowest BCUT2D eigenvalue weighted by Gasteiger charge is -2.07. The average molecular weight is 278 g/mol. The third-order valence-electron chi connectivity index (χ3n) is 2.71. The summed E-state index contributed by atoms with van der Waals surface area (Å²) in [4.78, 5) is 23.1. The molecule has 0 fully saturated rings. The summed E-state index contributed by atoms with van der Waals surface area (Å²) >= 11 is 0. The molecule has 0 aliphatic heterocycles. The molecule has 2 N–H and O–H groups in total. The Kier molecular flexibility index (Phi) is 7.35. The first-order valence-corrected chi connectivity index (χ1v) is 6.93. The smallest absolute Gasteiger partial charge is 0.251 e. The van der Waals surface area contributed by atoms with Crippen LogP contribution in [0.2, 0.25) is 0 Å². The molecule has 0 heterocycles. The van der Waals surface area contributed by atoms with Crippen molar-refractivity contribution < 1.29 is 14.3 Å². The number of carbonyl (C=O) groups excluding carboxylic acids is 2. The van der Waals surface area contributed by atoms with Gasteiger partial charge in [-0.3, -0.25) is 9.59 Å². The third-order valence-corrected chi connectivity index (χ3v) is 2.71. The van der Waals surface area contributed by atoms with Crippen molar-refractivity contribution in [3.05, 3.63) is 29.8 Å². The highest BCUT2D eigenvalue weighted by Crippen LogP contribution is 2.09. The van der Waals surface area contributed by atoms with E-state index in [0.717, 1.165) is 6.42 Å². The molecule has 0 spiro atoms. The monoisotopic (exact) mass is 278 g/mol. The number of rotatable bonds is 8. The van der Waals surface area contributed by atoms with Gasteiger partial charge in [-0.15, -0.1) is 0 Å². The minimum Gasteiger partial charge on any atom is -0.382 e. The van der Waals surface area contributed by atoms with Gasteiger partial charge in [0.15, 0.2) is 0 Å². The maximum absolute atomic E-state index is 11.8. The van der Waals surface area contributed by atoms with Crippen LogP contribution < -0.4 is 10.6 Å². The van der Waals surface area contributed by atoms with Gasteiger partial charge in [0.1, 0.15) is 0 Å². The van der Waals surface area contributed by atoms with Crippen LogP contribution in [0.1, 0.15) is 37.0 Å². The van der Waals surface area contributed by atoms with Crippen LogP contribution in [0, 0.1) is 0 Å². The first-order valence-electron chi connectivity index (χ1n) is 6.93. The fraction of sp³-hybridized carbons (Fsp3) is 0.467. The van der Waals surface area contributed by atoms with E-state index < -0.39 is 0 Å². The summed E-state index contributed by atoms with van der Waals surface area (Å²) in [5.74, 6) is -0.159. The Bertz CT molecular complexity index is 429. The Morgan fingerprint density at radius 3 is 2.45 bits per heavy atom. The van der Waals surface area contributed by atoms with Crippen LogP contribution >= 0.6 is 0 Å². The molecule has 1 rings (SSSR count). The molecule has 0 bridgehead atoms. The summed E-state index contributed by atoms with van der Waals surface area (Å²) in [6.45, 7) is 5.67. The first-order chi connectivity index (χ1) is 9.67. The van der Waals surface area contributed by atoms with E-state index in [0.29, 0.717) is 37.4 Å². The van der Waals surface area contributed by atoms with Gasteiger partial charge in [-0.25, -0.2) is 0 Å². The van der Waals surface area contributed by atoms with Crippen LogP contribution in [0.3, 0.4) is 0 Å². The van der Waals surface area contributed by atoms with Gasteiger partial charge in [-0.1, -0.05) is 6.92 Å². The van der Waals surface area contributed by atoms with Crippen LogP contribution in [0.25, 0.3) is 0 Å². The van der Waals surface area contributed by atoms with E-state index in [9.17, 15) is 9.59 Å². The average Bonchev–Trinajstić information content (AvgIpc) is 2.47. The van der Waals surface area contributed by atoms with Crippen molar-refractivity contribution in [2.45, 2.75) is 26.7 Å². The van der Waals surface area contributed by atoms with Crippen molar-refractivity contribution in [2.75, 3.05) is 25.1 Å². The highest BCUT2D eigenvalue weighted by Gasteiger charge is 2.05. The number of ether oxygens (including phenoxy) is 1. The standard InChI is InChI=1S/C15H22N2O3/c1-3-14(18)17-13-8-6-12(7-9-13)15(19)16-10-5-11-20-4-2/h6-9H,3-5,10-11H2,1-2H3,(H,16,19)(H,17,18). The molecule has 1 aromatic carbocycles. The van der Waals surface area contributed by atoms with Crippen molar-refractivity contribution >= 4 is 17.5 Å². The van der Waals surface area contributed by atoms with Crippen LogP contribution in [0.4, 0.5) is 5.69 Å². The van der Waals surface area contributed by atoms with E-state index in [2.05, 4.69) is 10.6 Å². The van der Waals surface area contributed by atoms with E-state index in [1.165, 1.54) is 0 Å². The summed E-state index contributed by atoms with van der Waals surface area (Å²) in [7, 11) is 0. The van der Waals surface area contributed by atoms with Crippen molar-refractivity contribution in [1.29, 1.82) is 0 Å². The molecule has 0 aliphatic carbocycles. The quantitative estimate of drug-likeness (QED) is 0.716. The van der Waals surface area contributed by atoms with Crippen LogP contribution in [0.5, 0.6) is 0 Å². The summed E-state index contributed by atoms with van der Waals surface area (Å²) in [5.41, 5.74) is 1.28. The predicted octanol–water partition coefficient (Wildman–Crippen LogP) is 2.19. The van der Waals surface area contributed by atoms with Gasteiger partial charge >= 0.3 is 0 Å². The van der Waals surface area contributed by atoms with E-state index in [4.69, 9.17) is 4.74 Å². The van der Waals surface area contributed by atoms with Crippen molar-refractivity contribution in [3.63, 3.8) is 0 Å².